The first-order chi connectivity index (χ1) is 23.8. The first kappa shape index (κ1) is 53.6. The monoisotopic (exact) mass is 854 g/mol. The Hall–Kier alpha value is -5.74. The van der Waals surface area contributed by atoms with Crippen LogP contribution in [-0.4, -0.2) is 68.0 Å². The van der Waals surface area contributed by atoms with Crippen molar-refractivity contribution in [2.45, 2.75) is 9.79 Å². The fraction of sp³-hybridized carbons (Fsp3) is 0. The van der Waals surface area contributed by atoms with Gasteiger partial charge in [-0.05, 0) is 119 Å². The van der Waals surface area contributed by atoms with Gasteiger partial charge >= 0.3 is 31.4 Å². The van der Waals surface area contributed by atoms with Crippen LogP contribution >= 0.6 is 0 Å². The normalized spacial score (nSPS) is 9.49. The van der Waals surface area contributed by atoms with Gasteiger partial charge in [-0.25, -0.2) is 26.4 Å². The first-order valence-corrected chi connectivity index (χ1v) is 16.8. The molecule has 0 radical (unpaired) electrons. The number of pyridine rings is 4. The summed E-state index contributed by atoms with van der Waals surface area (Å²) in [6.45, 7) is 0. The van der Waals surface area contributed by atoms with Crippen molar-refractivity contribution in [3.63, 3.8) is 0 Å². The third-order valence-electron chi connectivity index (χ3n) is 6.17. The van der Waals surface area contributed by atoms with Gasteiger partial charge in [0, 0.05) is 49.6 Å². The van der Waals surface area contributed by atoms with Gasteiger partial charge < -0.3 is 41.2 Å². The van der Waals surface area contributed by atoms with E-state index >= 15 is 0 Å². The van der Waals surface area contributed by atoms with Crippen LogP contribution in [0, 0.1) is 0 Å². The second-order valence-electron chi connectivity index (χ2n) is 9.51. The number of carboxylic acids is 2. The maximum Gasteiger partial charge on any atom is 2.00 e. The van der Waals surface area contributed by atoms with Crippen LogP contribution in [0.3, 0.4) is 0 Å². The van der Waals surface area contributed by atoms with Crippen LogP contribution in [0.1, 0.15) is 20.7 Å². The topological polar surface area (TPSA) is 373 Å². The van der Waals surface area contributed by atoms with Crippen molar-refractivity contribution in [2.24, 2.45) is 0 Å². The summed E-state index contributed by atoms with van der Waals surface area (Å²) in [6, 6.07) is 24.0. The Morgan fingerprint density at radius 3 is 0.727 bits per heavy atom. The SMILES string of the molecule is O=C(O)c1ccc(S(=O)(=O)[O-])cc1.O=C(O)c1ccc(S(=O)(=O)[O-])cc1.[OH3+].[OH3+].[OH3+].[OH3+].[Zn+2].c1cc(-c2ccncc2)ccn1.c1cc(-c2ccncc2)ccn1. The Bertz CT molecular complexity index is 1960. The molecule has 55 heavy (non-hydrogen) atoms. The minimum absolute atomic E-state index is 0. The zero-order valence-electron chi connectivity index (χ0n) is 28.6. The van der Waals surface area contributed by atoms with Gasteiger partial charge in [-0.15, -0.1) is 0 Å². The van der Waals surface area contributed by atoms with E-state index in [2.05, 4.69) is 19.9 Å². The molecule has 0 aliphatic rings. The third kappa shape index (κ3) is 18.7. The predicted octanol–water partition coefficient (Wildman–Crippen LogP) is 1.17. The van der Waals surface area contributed by atoms with Crippen LogP contribution in [0.4, 0.5) is 0 Å². The minimum atomic E-state index is -4.49. The summed E-state index contributed by atoms with van der Waals surface area (Å²) in [5, 5.41) is 16.9. The summed E-state index contributed by atoms with van der Waals surface area (Å²) in [5.74, 6) is -2.34. The van der Waals surface area contributed by atoms with Crippen molar-refractivity contribution in [2.75, 3.05) is 0 Å². The van der Waals surface area contributed by atoms with E-state index in [0.717, 1.165) is 48.5 Å². The largest absolute Gasteiger partial charge is 2.00 e. The van der Waals surface area contributed by atoms with Gasteiger partial charge in [0.2, 0.25) is 0 Å². The van der Waals surface area contributed by atoms with E-state index in [0.29, 0.717) is 0 Å². The smallest absolute Gasteiger partial charge is 0.744 e. The third-order valence-corrected chi connectivity index (χ3v) is 7.87. The van der Waals surface area contributed by atoms with Crippen molar-refractivity contribution < 1.29 is 87.1 Å². The molecule has 0 aliphatic carbocycles. The van der Waals surface area contributed by atoms with Crippen molar-refractivity contribution in [3.8, 4) is 22.3 Å². The van der Waals surface area contributed by atoms with Crippen molar-refractivity contribution in [3.05, 3.63) is 158 Å². The Kier molecular flexibility index (Phi) is 25.4. The molecule has 0 unspecified atom stereocenters. The van der Waals surface area contributed by atoms with E-state index in [1.54, 1.807) is 49.6 Å². The van der Waals surface area contributed by atoms with E-state index in [9.17, 15) is 35.5 Å². The van der Waals surface area contributed by atoms with Crippen LogP contribution in [0.15, 0.2) is 156 Å². The molecule has 14 N–H and O–H groups in total. The van der Waals surface area contributed by atoms with Crippen LogP contribution in [-0.2, 0) is 61.6 Å². The minimum Gasteiger partial charge on any atom is -0.744 e. The van der Waals surface area contributed by atoms with E-state index in [1.807, 2.05) is 48.5 Å². The zero-order chi connectivity index (χ0) is 36.6. The number of carboxylic acid groups (broad SMARTS) is 2. The molecule has 0 aliphatic heterocycles. The predicted molar refractivity (Wildman–Crippen MR) is 197 cm³/mol. The second-order valence-corrected chi connectivity index (χ2v) is 12.3. The second kappa shape index (κ2) is 26.1. The number of aromatic carboxylic acids is 2. The molecular formula is C34H38N4O14S2Zn+4. The zero-order valence-corrected chi connectivity index (χ0v) is 33.2. The molecule has 288 valence electrons. The standard InChI is InChI=1S/2C10H8N2.2C7H6O5S.4H2O.Zn/c2*1-5-11-6-2-9(1)10-3-7-12-8-4-10;2*8-7(9)5-1-3-6(4-2-5)13(10,11)12;;;;;/h2*1-8H;2*1-4H,(H,8,9)(H,10,11,12);4*1H2;/q;;;;;;;;+2/p+2. The summed E-state index contributed by atoms with van der Waals surface area (Å²) < 4.78 is 62.5. The summed E-state index contributed by atoms with van der Waals surface area (Å²) in [5.41, 5.74) is 4.57. The van der Waals surface area contributed by atoms with Crippen LogP contribution in [0.2, 0.25) is 0 Å². The van der Waals surface area contributed by atoms with E-state index in [1.165, 1.54) is 22.3 Å². The average Bonchev–Trinajstić information content (AvgIpc) is 3.13. The van der Waals surface area contributed by atoms with Gasteiger partial charge in [0.25, 0.3) is 0 Å². The van der Waals surface area contributed by atoms with Gasteiger partial charge in [-0.3, -0.25) is 19.9 Å². The molecule has 0 saturated carbocycles. The molecule has 0 bridgehead atoms. The quantitative estimate of drug-likeness (QED) is 0.135. The summed E-state index contributed by atoms with van der Waals surface area (Å²) in [7, 11) is -8.98. The number of hydrogen-bond donors (Lipinski definition) is 2. The molecule has 0 atom stereocenters. The van der Waals surface area contributed by atoms with Crippen LogP contribution in [0.5, 0.6) is 0 Å². The van der Waals surface area contributed by atoms with E-state index < -0.39 is 42.0 Å². The van der Waals surface area contributed by atoms with Crippen molar-refractivity contribution in [1.82, 2.24) is 19.9 Å². The maximum absolute atomic E-state index is 10.4. The number of rotatable bonds is 6. The molecule has 6 rings (SSSR count). The number of benzene rings is 2. The Morgan fingerprint density at radius 1 is 0.400 bits per heavy atom. The van der Waals surface area contributed by atoms with Gasteiger partial charge in [-0.1, -0.05) is 0 Å². The van der Waals surface area contributed by atoms with Gasteiger partial charge in [0.05, 0.1) is 20.9 Å². The molecular weight excluding hydrogens is 818 g/mol. The number of aromatic nitrogens is 4. The Morgan fingerprint density at radius 2 is 0.582 bits per heavy atom. The Labute approximate surface area is 327 Å². The molecule has 0 amide bonds. The van der Waals surface area contributed by atoms with Gasteiger partial charge in [0.1, 0.15) is 20.2 Å². The summed E-state index contributed by atoms with van der Waals surface area (Å²) >= 11 is 0. The molecule has 18 nitrogen and oxygen atoms in total. The molecule has 4 aromatic heterocycles. The van der Waals surface area contributed by atoms with E-state index in [4.69, 9.17) is 10.2 Å². The molecule has 2 aromatic carbocycles. The summed E-state index contributed by atoms with van der Waals surface area (Å²) in [4.78, 5) is 35.6. The average molecular weight is 856 g/mol. The van der Waals surface area contributed by atoms with Crippen LogP contribution < -0.4 is 0 Å². The molecule has 21 heteroatoms. The molecule has 4 heterocycles. The number of nitrogens with zero attached hydrogens (tertiary/aromatic N) is 4. The number of hydrogen-bond acceptors (Lipinski definition) is 12. The Balaban J connectivity index is -0.000000636. The number of carbonyl (C=O) groups is 2. The molecule has 0 saturated heterocycles. The van der Waals surface area contributed by atoms with Gasteiger partial charge in [-0.2, -0.15) is 0 Å². The summed E-state index contributed by atoms with van der Waals surface area (Å²) in [6.07, 6.45) is 14.3. The first-order valence-electron chi connectivity index (χ1n) is 13.9. The molecule has 6 aromatic rings. The van der Waals surface area contributed by atoms with Gasteiger partial charge in [0.15, 0.2) is 0 Å². The maximum atomic E-state index is 10.4. The van der Waals surface area contributed by atoms with Crippen molar-refractivity contribution >= 4 is 32.2 Å². The molecule has 0 spiro atoms. The van der Waals surface area contributed by atoms with E-state index in [-0.39, 0.29) is 52.5 Å². The fourth-order valence-corrected chi connectivity index (χ4v) is 4.64. The van der Waals surface area contributed by atoms with Crippen molar-refractivity contribution in [1.29, 1.82) is 0 Å². The fourth-order valence-electron chi connectivity index (χ4n) is 3.71. The van der Waals surface area contributed by atoms with Crippen LogP contribution in [0.25, 0.3) is 22.3 Å². The molecule has 0 fully saturated rings.